The average molecular weight is 1060 g/mol. The molecule has 1 fully saturated rings. The molecule has 30 heteroatoms. The molecule has 1 saturated heterocycles. The van der Waals surface area contributed by atoms with Gasteiger partial charge in [0.05, 0.1) is 23.8 Å². The highest BCUT2D eigenvalue weighted by molar-refractivity contribution is 7.15. The van der Waals surface area contributed by atoms with Gasteiger partial charge in [-0.15, -0.1) is 70.8 Å². The van der Waals surface area contributed by atoms with E-state index in [1.165, 1.54) is 80.7 Å². The van der Waals surface area contributed by atoms with E-state index in [-0.39, 0.29) is 70.1 Å². The fourth-order valence-corrected chi connectivity index (χ4v) is 7.78. The maximum absolute atomic E-state index is 12.3. The van der Waals surface area contributed by atoms with Gasteiger partial charge in [-0.1, -0.05) is 10.3 Å². The monoisotopic (exact) mass is 1060 g/mol. The maximum Gasteiger partial charge on any atom is 0.573 e. The number of nitrogens with zero attached hydrogens (tertiary/aromatic N) is 13. The molecule has 8 aromatic heterocycles. The number of hydrogen-bond donors (Lipinski definition) is 1. The maximum atomic E-state index is 12.3. The largest absolute Gasteiger partial charge is 0.573 e. The number of aromatic amines is 1. The van der Waals surface area contributed by atoms with Crippen molar-refractivity contribution in [2.24, 2.45) is 0 Å². The molecule has 1 N–H and O–H groups in total. The van der Waals surface area contributed by atoms with Crippen molar-refractivity contribution in [3.8, 4) is 57.7 Å². The number of nitrogens with one attached hydrogen (secondary N) is 1. The first-order valence-corrected chi connectivity index (χ1v) is 23.0. The molecule has 72 heavy (non-hydrogen) atoms. The van der Waals surface area contributed by atoms with Crippen LogP contribution in [0.1, 0.15) is 35.9 Å². The van der Waals surface area contributed by atoms with E-state index in [1.807, 2.05) is 5.38 Å². The average Bonchev–Trinajstić information content (AvgIpc) is 4.19. The molecule has 2 aromatic carbocycles. The van der Waals surface area contributed by atoms with Gasteiger partial charge in [0.1, 0.15) is 23.1 Å². The van der Waals surface area contributed by atoms with Gasteiger partial charge < -0.3 is 23.3 Å². The zero-order valence-electron chi connectivity index (χ0n) is 37.0. The summed E-state index contributed by atoms with van der Waals surface area (Å²) in [5, 5.41) is 22.0. The zero-order valence-corrected chi connectivity index (χ0v) is 39.3. The van der Waals surface area contributed by atoms with Crippen LogP contribution in [0.4, 0.5) is 26.3 Å². The van der Waals surface area contributed by atoms with Crippen LogP contribution in [-0.2, 0) is 17.2 Å². The van der Waals surface area contributed by atoms with Crippen molar-refractivity contribution in [1.82, 2.24) is 69.0 Å². The summed E-state index contributed by atoms with van der Waals surface area (Å²) in [5.41, 5.74) is 1.78. The Bertz CT molecular complexity index is 3500. The van der Waals surface area contributed by atoms with Gasteiger partial charge in [0, 0.05) is 59.6 Å². The number of alkyl halides is 7. The van der Waals surface area contributed by atoms with Crippen LogP contribution in [-0.4, -0.2) is 94.9 Å². The number of rotatable bonds is 9. The minimum absolute atomic E-state index is 0.0317. The summed E-state index contributed by atoms with van der Waals surface area (Å²) >= 11 is 8.33. The summed E-state index contributed by atoms with van der Waals surface area (Å²) in [4.78, 5) is 50.0. The molecule has 9 heterocycles. The molecule has 0 spiro atoms. The molecule has 0 atom stereocenters. The minimum atomic E-state index is -4.78. The van der Waals surface area contributed by atoms with E-state index in [2.05, 4.69) is 65.0 Å². The molecule has 0 unspecified atom stereocenters. The van der Waals surface area contributed by atoms with Gasteiger partial charge in [-0.2, -0.15) is 9.97 Å². The molecule has 21 nitrogen and oxygen atoms in total. The summed E-state index contributed by atoms with van der Waals surface area (Å²) in [6, 6.07) is 13.0. The molecule has 0 aliphatic carbocycles. The van der Waals surface area contributed by atoms with Crippen LogP contribution in [0.25, 0.3) is 56.1 Å². The second kappa shape index (κ2) is 22.0. The first-order chi connectivity index (χ1) is 34.5. The molecule has 374 valence electrons. The number of aromatic nitrogens is 14. The molecular formula is C42H33ClF6N14O7S2. The van der Waals surface area contributed by atoms with Crippen LogP contribution in [0.15, 0.2) is 102 Å². The number of ether oxygens (including phenoxy) is 3. The van der Waals surface area contributed by atoms with Crippen LogP contribution in [0.3, 0.4) is 0 Å². The van der Waals surface area contributed by atoms with Gasteiger partial charge in [0.15, 0.2) is 9.92 Å². The normalized spacial score (nSPS) is 12.5. The second-order valence-electron chi connectivity index (χ2n) is 14.6. The van der Waals surface area contributed by atoms with Crippen LogP contribution >= 0.6 is 34.3 Å². The highest BCUT2D eigenvalue weighted by atomic mass is 35.5. The summed E-state index contributed by atoms with van der Waals surface area (Å²) < 4.78 is 100. The lowest BCUT2D eigenvalue weighted by Crippen LogP contribution is -2.16. The van der Waals surface area contributed by atoms with Gasteiger partial charge in [-0.05, 0) is 75.2 Å². The van der Waals surface area contributed by atoms with Gasteiger partial charge in [-0.25, -0.2) is 24.6 Å². The third kappa shape index (κ3) is 13.3. The number of H-pyrrole nitrogens is 1. The first-order valence-electron chi connectivity index (χ1n) is 20.7. The Morgan fingerprint density at radius 1 is 0.667 bits per heavy atom. The highest BCUT2D eigenvalue weighted by Crippen LogP contribution is 2.28. The van der Waals surface area contributed by atoms with Crippen LogP contribution in [0.2, 0.25) is 0 Å². The van der Waals surface area contributed by atoms with Gasteiger partial charge >= 0.3 is 12.7 Å². The van der Waals surface area contributed by atoms with Crippen molar-refractivity contribution in [1.29, 1.82) is 0 Å². The third-order valence-corrected chi connectivity index (χ3v) is 11.2. The Kier molecular flexibility index (Phi) is 15.5. The Hall–Kier alpha value is -7.89. The Morgan fingerprint density at radius 3 is 1.62 bits per heavy atom. The quantitative estimate of drug-likeness (QED) is 0.105. The standard InChI is InChI=1S/C19H12F3N7O3S.C12H8F3N5O2.C7H5ClN2OS.C4H8O/c1-10-23-16(26-29(10)9-12-8-14(30)28-6-7-33-18(28)24-12)17-25-15(27-32-17)11-2-4-13(5-3-11)31-19(20,21)22;1-6-16-10(19-18-6)11-17-9(20-22-11)7-2-4-8(5-3-7)21-12(13,14)15;8-4-5-3-6(11)10-1-2-12-7(10)9-5;1-2-4-5-3-1/h2-8H,9H2,1H3;2-5H,1H3,(H,16,18,19);1-3H,4H2;1-4H2. The smallest absolute Gasteiger partial charge is 0.406 e. The molecule has 10 aromatic rings. The summed E-state index contributed by atoms with van der Waals surface area (Å²) in [5.74, 6) is 1.61. The molecule has 11 rings (SSSR count). The summed E-state index contributed by atoms with van der Waals surface area (Å²) in [6.45, 7) is 5.65. The van der Waals surface area contributed by atoms with Crippen LogP contribution in [0.5, 0.6) is 11.5 Å². The molecule has 0 saturated carbocycles. The molecule has 0 amide bonds. The predicted octanol–water partition coefficient (Wildman–Crippen LogP) is 8.34. The van der Waals surface area contributed by atoms with Gasteiger partial charge in [0.2, 0.25) is 23.3 Å². The topological polar surface area (TPSA) is 247 Å². The molecule has 1 aliphatic rings. The molecule has 0 bridgehead atoms. The van der Waals surface area contributed by atoms with Crippen molar-refractivity contribution >= 4 is 44.2 Å². The Balaban J connectivity index is 0.000000151. The fraction of sp³-hybridized carbons (Fsp3) is 0.238. The lowest BCUT2D eigenvalue weighted by molar-refractivity contribution is -0.275. The molecule has 1 aliphatic heterocycles. The van der Waals surface area contributed by atoms with E-state index in [4.69, 9.17) is 25.4 Å². The van der Waals surface area contributed by atoms with E-state index < -0.39 is 12.7 Å². The lowest BCUT2D eigenvalue weighted by Gasteiger charge is -2.08. The van der Waals surface area contributed by atoms with Crippen molar-refractivity contribution in [3.05, 3.63) is 128 Å². The Morgan fingerprint density at radius 2 is 1.17 bits per heavy atom. The number of thiazole rings is 2. The lowest BCUT2D eigenvalue weighted by atomic mass is 10.2. The van der Waals surface area contributed by atoms with E-state index >= 15 is 0 Å². The van der Waals surface area contributed by atoms with Crippen molar-refractivity contribution in [2.75, 3.05) is 13.2 Å². The zero-order chi connectivity index (χ0) is 51.0. The molecular weight excluding hydrogens is 1030 g/mol. The third-order valence-electron chi connectivity index (χ3n) is 9.37. The summed E-state index contributed by atoms with van der Waals surface area (Å²) in [7, 11) is 0. The number of aryl methyl sites for hydroxylation is 2. The number of halogens is 7. The Labute approximate surface area is 411 Å². The SMILES string of the molecule is C1CCOC1.Cc1nc(-c2nc(-c3ccc(OC(F)(F)F)cc3)no2)n[nH]1.Cc1nc(-c2nc(-c3ccc(OC(F)(F)F)cc3)no2)nn1Cc1cc(=O)n2ccsc2n1.O=c1cc(CCl)nc2sccn12. The second-order valence-corrected chi connectivity index (χ2v) is 16.6. The predicted molar refractivity (Wildman–Crippen MR) is 244 cm³/mol. The highest BCUT2D eigenvalue weighted by Gasteiger charge is 2.32. The minimum Gasteiger partial charge on any atom is -0.406 e. The van der Waals surface area contributed by atoms with Crippen molar-refractivity contribution < 1.29 is 49.6 Å². The first kappa shape index (κ1) is 50.5. The van der Waals surface area contributed by atoms with Crippen molar-refractivity contribution in [2.45, 2.75) is 51.8 Å². The van der Waals surface area contributed by atoms with Crippen LogP contribution in [0, 0.1) is 13.8 Å². The molecule has 0 radical (unpaired) electrons. The van der Waals surface area contributed by atoms with Crippen molar-refractivity contribution in [3.63, 3.8) is 0 Å². The van der Waals surface area contributed by atoms with Crippen LogP contribution < -0.4 is 20.6 Å². The fourth-order valence-electron chi connectivity index (χ4n) is 6.16. The van der Waals surface area contributed by atoms with Gasteiger partial charge in [0.25, 0.3) is 22.9 Å². The van der Waals surface area contributed by atoms with E-state index in [9.17, 15) is 35.9 Å². The van der Waals surface area contributed by atoms with E-state index in [0.29, 0.717) is 44.1 Å². The number of hydrogen-bond acceptors (Lipinski definition) is 19. The van der Waals surface area contributed by atoms with E-state index in [0.717, 1.165) is 37.5 Å². The van der Waals surface area contributed by atoms with Gasteiger partial charge in [-0.3, -0.25) is 23.5 Å². The summed E-state index contributed by atoms with van der Waals surface area (Å²) in [6.07, 6.45) is -3.60. The number of benzene rings is 2. The van der Waals surface area contributed by atoms with E-state index in [1.54, 1.807) is 36.3 Å². The number of fused-ring (bicyclic) bond motifs is 2.